The van der Waals surface area contributed by atoms with Gasteiger partial charge in [0.25, 0.3) is 0 Å². The molecule has 0 aromatic rings. The standard InChI is InChI=1S/C17H28OS/c1-14(2)8-5-9-15(3)10-6-11-16(4)12-7-13-17(18)19/h8,10,12H,5-7,9,11,13H2,1-4H3,(H,18,19)/b15-10-,16-12-. The van der Waals surface area contributed by atoms with Gasteiger partial charge >= 0.3 is 0 Å². The molecule has 0 atom stereocenters. The summed E-state index contributed by atoms with van der Waals surface area (Å²) < 4.78 is 0. The SMILES string of the molecule is CC(C)=CCC/C(C)=C\CC/C(C)=C\CCC(=O)S. The minimum Gasteiger partial charge on any atom is -0.287 e. The number of hydrogen-bond donors (Lipinski definition) is 1. The van der Waals surface area contributed by atoms with Crippen molar-refractivity contribution in [3.05, 3.63) is 34.9 Å². The second-order valence-corrected chi connectivity index (χ2v) is 5.89. The van der Waals surface area contributed by atoms with Crippen LogP contribution in [0.3, 0.4) is 0 Å². The maximum absolute atomic E-state index is 10.7. The molecule has 0 amide bonds. The van der Waals surface area contributed by atoms with E-state index in [4.69, 9.17) is 0 Å². The van der Waals surface area contributed by atoms with Crippen molar-refractivity contribution in [3.8, 4) is 0 Å². The van der Waals surface area contributed by atoms with Crippen LogP contribution in [-0.4, -0.2) is 5.12 Å². The zero-order chi connectivity index (χ0) is 14.7. The average Bonchev–Trinajstić information content (AvgIpc) is 2.27. The number of hydrogen-bond acceptors (Lipinski definition) is 1. The summed E-state index contributed by atoms with van der Waals surface area (Å²) in [6.45, 7) is 8.62. The van der Waals surface area contributed by atoms with E-state index in [1.165, 1.54) is 16.7 Å². The predicted octanol–water partition coefficient (Wildman–Crippen LogP) is 5.64. The van der Waals surface area contributed by atoms with Crippen LogP contribution in [-0.2, 0) is 4.79 Å². The number of carbonyl (C=O) groups is 1. The van der Waals surface area contributed by atoms with Gasteiger partial charge in [-0.2, -0.15) is 0 Å². The lowest BCUT2D eigenvalue weighted by Crippen LogP contribution is -1.85. The van der Waals surface area contributed by atoms with E-state index in [2.05, 4.69) is 58.6 Å². The van der Waals surface area contributed by atoms with Crippen molar-refractivity contribution in [2.75, 3.05) is 0 Å². The van der Waals surface area contributed by atoms with E-state index in [1.807, 2.05) is 0 Å². The second-order valence-electron chi connectivity index (χ2n) is 5.39. The molecule has 0 aromatic carbocycles. The van der Waals surface area contributed by atoms with Crippen molar-refractivity contribution in [1.29, 1.82) is 0 Å². The molecule has 0 rings (SSSR count). The molecular formula is C17H28OS. The zero-order valence-electron chi connectivity index (χ0n) is 12.8. The second kappa shape index (κ2) is 11.1. The highest BCUT2D eigenvalue weighted by Crippen LogP contribution is 2.12. The van der Waals surface area contributed by atoms with Crippen LogP contribution < -0.4 is 0 Å². The highest BCUT2D eigenvalue weighted by Gasteiger charge is 1.94. The van der Waals surface area contributed by atoms with E-state index in [0.29, 0.717) is 6.42 Å². The summed E-state index contributed by atoms with van der Waals surface area (Å²) in [6.07, 6.45) is 12.6. The summed E-state index contributed by atoms with van der Waals surface area (Å²) in [7, 11) is 0. The smallest absolute Gasteiger partial charge is 0.186 e. The summed E-state index contributed by atoms with van der Waals surface area (Å²) >= 11 is 3.76. The lowest BCUT2D eigenvalue weighted by Gasteiger charge is -2.01. The number of thiol groups is 1. The monoisotopic (exact) mass is 280 g/mol. The molecule has 0 aliphatic heterocycles. The molecule has 1 nitrogen and oxygen atoms in total. The third-order valence-electron chi connectivity index (χ3n) is 2.97. The quantitative estimate of drug-likeness (QED) is 0.427. The van der Waals surface area contributed by atoms with Crippen molar-refractivity contribution in [2.24, 2.45) is 0 Å². The first-order chi connectivity index (χ1) is 8.91. The van der Waals surface area contributed by atoms with Gasteiger partial charge in [-0.1, -0.05) is 34.9 Å². The molecule has 0 fully saturated rings. The number of rotatable bonds is 9. The highest BCUT2D eigenvalue weighted by molar-refractivity contribution is 7.96. The van der Waals surface area contributed by atoms with Gasteiger partial charge in [-0.3, -0.25) is 4.79 Å². The maximum Gasteiger partial charge on any atom is 0.186 e. The molecule has 0 saturated heterocycles. The molecule has 108 valence electrons. The Hall–Kier alpha value is -0.760. The Morgan fingerprint density at radius 3 is 1.63 bits per heavy atom. The lowest BCUT2D eigenvalue weighted by molar-refractivity contribution is -0.110. The van der Waals surface area contributed by atoms with Crippen LogP contribution in [0.5, 0.6) is 0 Å². The Labute approximate surface area is 124 Å². The summed E-state index contributed by atoms with van der Waals surface area (Å²) in [5.74, 6) is 0. The normalized spacial score (nSPS) is 12.5. The fraction of sp³-hybridized carbons (Fsp3) is 0.588. The van der Waals surface area contributed by atoms with E-state index < -0.39 is 0 Å². The van der Waals surface area contributed by atoms with Gasteiger partial charge in [0.2, 0.25) is 0 Å². The molecule has 0 aliphatic rings. The van der Waals surface area contributed by atoms with Gasteiger partial charge in [0.1, 0.15) is 0 Å². The van der Waals surface area contributed by atoms with Crippen molar-refractivity contribution >= 4 is 17.7 Å². The van der Waals surface area contributed by atoms with Gasteiger partial charge in [-0.15, -0.1) is 12.6 Å². The van der Waals surface area contributed by atoms with Crippen LogP contribution in [0.1, 0.15) is 66.2 Å². The molecule has 0 spiro atoms. The topological polar surface area (TPSA) is 17.1 Å². The van der Waals surface area contributed by atoms with Crippen LogP contribution in [0.25, 0.3) is 0 Å². The lowest BCUT2D eigenvalue weighted by atomic mass is 10.1. The van der Waals surface area contributed by atoms with Gasteiger partial charge < -0.3 is 0 Å². The van der Waals surface area contributed by atoms with Crippen LogP contribution in [0.2, 0.25) is 0 Å². The van der Waals surface area contributed by atoms with Crippen molar-refractivity contribution in [1.82, 2.24) is 0 Å². The maximum atomic E-state index is 10.7. The Kier molecular flexibility index (Phi) is 10.7. The summed E-state index contributed by atoms with van der Waals surface area (Å²) in [4.78, 5) is 10.7. The molecule has 19 heavy (non-hydrogen) atoms. The van der Waals surface area contributed by atoms with Crippen LogP contribution in [0, 0.1) is 0 Å². The number of allylic oxidation sites excluding steroid dienone is 6. The first-order valence-electron chi connectivity index (χ1n) is 7.08. The Morgan fingerprint density at radius 1 is 0.789 bits per heavy atom. The third kappa shape index (κ3) is 13.5. The van der Waals surface area contributed by atoms with Gasteiger partial charge in [0.15, 0.2) is 5.12 Å². The van der Waals surface area contributed by atoms with E-state index in [1.54, 1.807) is 0 Å². The predicted molar refractivity (Wildman–Crippen MR) is 88.6 cm³/mol. The molecule has 0 N–H and O–H groups in total. The molecule has 2 heteroatoms. The van der Waals surface area contributed by atoms with E-state index in [-0.39, 0.29) is 5.12 Å². The molecule has 0 bridgehead atoms. The molecule has 0 radical (unpaired) electrons. The molecular weight excluding hydrogens is 252 g/mol. The van der Waals surface area contributed by atoms with Crippen molar-refractivity contribution < 1.29 is 4.79 Å². The summed E-state index contributed by atoms with van der Waals surface area (Å²) in [5, 5.41) is -0.0286. The Morgan fingerprint density at radius 2 is 1.21 bits per heavy atom. The van der Waals surface area contributed by atoms with E-state index >= 15 is 0 Å². The van der Waals surface area contributed by atoms with Gasteiger partial charge in [0, 0.05) is 6.42 Å². The summed E-state index contributed by atoms with van der Waals surface area (Å²) in [5.41, 5.74) is 4.23. The molecule has 0 saturated carbocycles. The Bertz CT molecular complexity index is 357. The molecule has 0 aliphatic carbocycles. The van der Waals surface area contributed by atoms with Gasteiger partial charge in [-0.05, 0) is 59.8 Å². The van der Waals surface area contributed by atoms with Gasteiger partial charge in [0.05, 0.1) is 0 Å². The zero-order valence-corrected chi connectivity index (χ0v) is 13.7. The largest absolute Gasteiger partial charge is 0.287 e. The summed E-state index contributed by atoms with van der Waals surface area (Å²) in [6, 6.07) is 0. The minimum absolute atomic E-state index is 0.0286. The highest BCUT2D eigenvalue weighted by atomic mass is 32.1. The minimum atomic E-state index is -0.0286. The molecule has 0 unspecified atom stereocenters. The fourth-order valence-electron chi connectivity index (χ4n) is 1.78. The fourth-order valence-corrected chi connectivity index (χ4v) is 1.91. The average molecular weight is 280 g/mol. The van der Waals surface area contributed by atoms with E-state index in [9.17, 15) is 4.79 Å². The third-order valence-corrected chi connectivity index (χ3v) is 3.20. The van der Waals surface area contributed by atoms with Crippen molar-refractivity contribution in [2.45, 2.75) is 66.2 Å². The molecule has 0 aromatic heterocycles. The van der Waals surface area contributed by atoms with Crippen molar-refractivity contribution in [3.63, 3.8) is 0 Å². The van der Waals surface area contributed by atoms with E-state index in [0.717, 1.165) is 32.1 Å². The molecule has 0 heterocycles. The van der Waals surface area contributed by atoms with Crippen LogP contribution in [0.15, 0.2) is 34.9 Å². The van der Waals surface area contributed by atoms with Gasteiger partial charge in [-0.25, -0.2) is 0 Å². The first-order valence-corrected chi connectivity index (χ1v) is 7.53. The first kappa shape index (κ1) is 18.2. The number of carbonyl (C=O) groups excluding carboxylic acids is 1. The van der Waals surface area contributed by atoms with Crippen LogP contribution in [0.4, 0.5) is 0 Å². The Balaban J connectivity index is 3.86. The van der Waals surface area contributed by atoms with Crippen LogP contribution >= 0.6 is 12.6 Å².